The Morgan fingerprint density at radius 3 is 2.83 bits per heavy atom. The Kier molecular flexibility index (Phi) is 4.54. The molecule has 1 aromatic rings. The van der Waals surface area contributed by atoms with Crippen molar-refractivity contribution in [1.29, 1.82) is 5.26 Å². The van der Waals surface area contributed by atoms with E-state index in [1.165, 1.54) is 38.1 Å². The molecule has 0 atom stereocenters. The molecule has 1 aliphatic rings. The number of nitriles is 1. The Bertz CT molecular complexity index is 433. The summed E-state index contributed by atoms with van der Waals surface area (Å²) in [5.41, 5.74) is 1.09. The van der Waals surface area contributed by atoms with Crippen molar-refractivity contribution in [3.63, 3.8) is 0 Å². The second-order valence-electron chi connectivity index (χ2n) is 4.63. The summed E-state index contributed by atoms with van der Waals surface area (Å²) >= 11 is 0. The Hall–Kier alpha value is -1.60. The van der Waals surface area contributed by atoms with E-state index in [2.05, 4.69) is 10.2 Å². The molecule has 96 valence electrons. The minimum atomic E-state index is -0.367. The fourth-order valence-corrected chi connectivity index (χ4v) is 2.30. The molecular weight excluding hydrogens is 229 g/mol. The number of halogens is 1. The van der Waals surface area contributed by atoms with Crippen LogP contribution in [0.1, 0.15) is 24.8 Å². The molecule has 1 heterocycles. The molecule has 1 N–H and O–H groups in total. The van der Waals surface area contributed by atoms with Crippen LogP contribution in [0.15, 0.2) is 18.2 Å². The Morgan fingerprint density at radius 1 is 1.33 bits per heavy atom. The van der Waals surface area contributed by atoms with E-state index in [1.54, 1.807) is 6.07 Å². The molecule has 0 bridgehead atoms. The highest BCUT2D eigenvalue weighted by Gasteiger charge is 2.10. The molecule has 3 nitrogen and oxygen atoms in total. The summed E-state index contributed by atoms with van der Waals surface area (Å²) in [6, 6.07) is 6.28. The third-order valence-electron chi connectivity index (χ3n) is 3.27. The van der Waals surface area contributed by atoms with Crippen molar-refractivity contribution in [2.24, 2.45) is 0 Å². The molecule has 2 rings (SSSR count). The van der Waals surface area contributed by atoms with E-state index in [0.29, 0.717) is 5.56 Å². The van der Waals surface area contributed by atoms with Crippen LogP contribution in [-0.2, 0) is 0 Å². The van der Waals surface area contributed by atoms with Gasteiger partial charge in [0, 0.05) is 6.54 Å². The maximum absolute atomic E-state index is 12.9. The molecule has 1 aliphatic heterocycles. The van der Waals surface area contributed by atoms with Crippen LogP contribution < -0.4 is 5.32 Å². The molecule has 4 heteroatoms. The van der Waals surface area contributed by atoms with E-state index >= 15 is 0 Å². The van der Waals surface area contributed by atoms with Crippen molar-refractivity contribution in [3.8, 4) is 6.07 Å². The zero-order chi connectivity index (χ0) is 12.8. The van der Waals surface area contributed by atoms with E-state index in [1.807, 2.05) is 6.07 Å². The van der Waals surface area contributed by atoms with Crippen molar-refractivity contribution in [2.75, 3.05) is 31.5 Å². The first-order valence-electron chi connectivity index (χ1n) is 6.45. The molecule has 0 unspecified atom stereocenters. The predicted molar refractivity (Wildman–Crippen MR) is 69.9 cm³/mol. The van der Waals surface area contributed by atoms with Gasteiger partial charge in [0.25, 0.3) is 0 Å². The van der Waals surface area contributed by atoms with E-state index < -0.39 is 0 Å². The van der Waals surface area contributed by atoms with Gasteiger partial charge >= 0.3 is 0 Å². The van der Waals surface area contributed by atoms with Crippen molar-refractivity contribution >= 4 is 5.69 Å². The maximum atomic E-state index is 12.9. The second kappa shape index (κ2) is 6.36. The van der Waals surface area contributed by atoms with Crippen LogP contribution in [0.5, 0.6) is 0 Å². The van der Waals surface area contributed by atoms with Gasteiger partial charge in [-0.15, -0.1) is 0 Å². The van der Waals surface area contributed by atoms with E-state index in [0.717, 1.165) is 25.2 Å². The summed E-state index contributed by atoms with van der Waals surface area (Å²) in [4.78, 5) is 2.46. The number of hydrogen-bond donors (Lipinski definition) is 1. The number of benzene rings is 1. The van der Waals surface area contributed by atoms with E-state index in [9.17, 15) is 4.39 Å². The second-order valence-corrected chi connectivity index (χ2v) is 4.63. The first kappa shape index (κ1) is 12.8. The molecule has 0 spiro atoms. The Balaban J connectivity index is 1.77. The largest absolute Gasteiger partial charge is 0.384 e. The molecule has 0 saturated carbocycles. The van der Waals surface area contributed by atoms with Gasteiger partial charge in [0.15, 0.2) is 0 Å². The normalized spacial score (nSPS) is 15.6. The Labute approximate surface area is 107 Å². The van der Waals surface area contributed by atoms with Crippen LogP contribution in [-0.4, -0.2) is 31.1 Å². The summed E-state index contributed by atoms with van der Waals surface area (Å²) in [6.45, 7) is 4.33. The monoisotopic (exact) mass is 247 g/mol. The van der Waals surface area contributed by atoms with Gasteiger partial charge < -0.3 is 10.2 Å². The molecular formula is C14H18FN3. The highest BCUT2D eigenvalue weighted by molar-refractivity contribution is 5.57. The fourth-order valence-electron chi connectivity index (χ4n) is 2.30. The first-order valence-corrected chi connectivity index (χ1v) is 6.45. The SMILES string of the molecule is N#Cc1cc(F)ccc1NCCCN1CCCC1. The van der Waals surface area contributed by atoms with Gasteiger partial charge in [0.05, 0.1) is 11.3 Å². The van der Waals surface area contributed by atoms with Crippen LogP contribution in [0.2, 0.25) is 0 Å². The lowest BCUT2D eigenvalue weighted by Gasteiger charge is -2.15. The van der Waals surface area contributed by atoms with Crippen molar-refractivity contribution in [3.05, 3.63) is 29.6 Å². The van der Waals surface area contributed by atoms with Crippen molar-refractivity contribution < 1.29 is 4.39 Å². The van der Waals surface area contributed by atoms with Crippen LogP contribution in [0.25, 0.3) is 0 Å². The Morgan fingerprint density at radius 2 is 2.11 bits per heavy atom. The van der Waals surface area contributed by atoms with Crippen molar-refractivity contribution in [2.45, 2.75) is 19.3 Å². The standard InChI is InChI=1S/C14H18FN3/c15-13-4-5-14(12(10-13)11-16)17-6-3-9-18-7-1-2-8-18/h4-5,10,17H,1-3,6-9H2. The van der Waals surface area contributed by atoms with E-state index in [-0.39, 0.29) is 5.82 Å². The molecule has 0 radical (unpaired) electrons. The van der Waals surface area contributed by atoms with Gasteiger partial charge in [-0.3, -0.25) is 0 Å². The summed E-state index contributed by atoms with van der Waals surface area (Å²) < 4.78 is 12.9. The minimum absolute atomic E-state index is 0.367. The van der Waals surface area contributed by atoms with Gasteiger partial charge in [-0.2, -0.15) is 5.26 Å². The average Bonchev–Trinajstić information content (AvgIpc) is 2.89. The van der Waals surface area contributed by atoms with Gasteiger partial charge in [0.2, 0.25) is 0 Å². The molecule has 1 saturated heterocycles. The predicted octanol–water partition coefficient (Wildman–Crippen LogP) is 2.60. The highest BCUT2D eigenvalue weighted by Crippen LogP contribution is 2.16. The first-order chi connectivity index (χ1) is 8.79. The lowest BCUT2D eigenvalue weighted by atomic mass is 10.2. The number of hydrogen-bond acceptors (Lipinski definition) is 3. The third-order valence-corrected chi connectivity index (χ3v) is 3.27. The lowest BCUT2D eigenvalue weighted by molar-refractivity contribution is 0.337. The van der Waals surface area contributed by atoms with Gasteiger partial charge in [-0.05, 0) is 57.1 Å². The average molecular weight is 247 g/mol. The topological polar surface area (TPSA) is 39.1 Å². The van der Waals surface area contributed by atoms with Crippen LogP contribution in [0.4, 0.5) is 10.1 Å². The number of rotatable bonds is 5. The lowest BCUT2D eigenvalue weighted by Crippen LogP contribution is -2.22. The number of nitrogens with one attached hydrogen (secondary N) is 1. The van der Waals surface area contributed by atoms with Crippen LogP contribution in [0.3, 0.4) is 0 Å². The quantitative estimate of drug-likeness (QED) is 0.813. The molecule has 0 aliphatic carbocycles. The molecule has 18 heavy (non-hydrogen) atoms. The molecule has 0 aromatic heterocycles. The summed E-state index contributed by atoms with van der Waals surface area (Å²) in [5.74, 6) is -0.367. The maximum Gasteiger partial charge on any atom is 0.124 e. The molecule has 1 fully saturated rings. The summed E-state index contributed by atoms with van der Waals surface area (Å²) in [7, 11) is 0. The fraction of sp³-hybridized carbons (Fsp3) is 0.500. The zero-order valence-corrected chi connectivity index (χ0v) is 10.5. The van der Waals surface area contributed by atoms with Gasteiger partial charge in [0.1, 0.15) is 11.9 Å². The minimum Gasteiger partial charge on any atom is -0.384 e. The van der Waals surface area contributed by atoms with E-state index in [4.69, 9.17) is 5.26 Å². The number of anilines is 1. The van der Waals surface area contributed by atoms with Crippen molar-refractivity contribution in [1.82, 2.24) is 4.90 Å². The smallest absolute Gasteiger partial charge is 0.124 e. The summed E-state index contributed by atoms with van der Waals surface area (Å²) in [5, 5.41) is 12.1. The number of nitrogens with zero attached hydrogens (tertiary/aromatic N) is 2. The van der Waals surface area contributed by atoms with Crippen LogP contribution in [0, 0.1) is 17.1 Å². The number of likely N-dealkylation sites (tertiary alicyclic amines) is 1. The zero-order valence-electron chi connectivity index (χ0n) is 10.5. The summed E-state index contributed by atoms with van der Waals surface area (Å²) in [6.07, 6.45) is 3.66. The molecule has 0 amide bonds. The molecule has 1 aromatic carbocycles. The van der Waals surface area contributed by atoms with Crippen LogP contribution >= 0.6 is 0 Å². The van der Waals surface area contributed by atoms with Gasteiger partial charge in [-0.25, -0.2) is 4.39 Å². The highest BCUT2D eigenvalue weighted by atomic mass is 19.1. The third kappa shape index (κ3) is 3.44. The van der Waals surface area contributed by atoms with Gasteiger partial charge in [-0.1, -0.05) is 0 Å².